The molecule has 1 aromatic carbocycles. The molecule has 0 radical (unpaired) electrons. The molecule has 20 heavy (non-hydrogen) atoms. The number of rotatable bonds is 3. The number of hydrogen-bond acceptors (Lipinski definition) is 3. The Labute approximate surface area is 120 Å². The van der Waals surface area contributed by atoms with Gasteiger partial charge in [-0.25, -0.2) is 0 Å². The van der Waals surface area contributed by atoms with E-state index in [9.17, 15) is 4.79 Å². The minimum Gasteiger partial charge on any atom is -0.364 e. The second kappa shape index (κ2) is 5.02. The Morgan fingerprint density at radius 1 is 1.20 bits per heavy atom. The van der Waals surface area contributed by atoms with E-state index in [1.807, 2.05) is 49.5 Å². The zero-order valence-electron chi connectivity index (χ0n) is 10.9. The van der Waals surface area contributed by atoms with Crippen LogP contribution in [0.5, 0.6) is 0 Å². The summed E-state index contributed by atoms with van der Waals surface area (Å²) in [6.45, 7) is 0. The van der Waals surface area contributed by atoms with Crippen molar-refractivity contribution < 1.29 is 4.79 Å². The molecule has 2 aromatic heterocycles. The molecule has 0 aliphatic carbocycles. The van der Waals surface area contributed by atoms with Crippen LogP contribution in [0.4, 0.5) is 0 Å². The number of pyridine rings is 1. The first-order valence-corrected chi connectivity index (χ1v) is 6.96. The highest BCUT2D eigenvalue weighted by Crippen LogP contribution is 2.36. The summed E-state index contributed by atoms with van der Waals surface area (Å²) >= 11 is 1.51. The van der Waals surface area contributed by atoms with Gasteiger partial charge in [0.15, 0.2) is 0 Å². The minimum absolute atomic E-state index is 0.441. The fourth-order valence-corrected chi connectivity index (χ4v) is 3.32. The first-order chi connectivity index (χ1) is 9.68. The summed E-state index contributed by atoms with van der Waals surface area (Å²) in [5, 5.41) is 0. The predicted octanol–water partition coefficient (Wildman–Crippen LogP) is 2.82. The largest absolute Gasteiger partial charge is 0.364 e. The normalized spacial score (nSPS) is 10.8. The molecule has 2 heterocycles. The van der Waals surface area contributed by atoms with Gasteiger partial charge in [-0.3, -0.25) is 9.78 Å². The smallest absolute Gasteiger partial charge is 0.266 e. The van der Waals surface area contributed by atoms with Crippen molar-refractivity contribution in [3.63, 3.8) is 0 Å². The second-order valence-corrected chi connectivity index (χ2v) is 5.47. The number of nitrogens with two attached hydrogens (primary N) is 1. The lowest BCUT2D eigenvalue weighted by atomic mass is 10.3. The van der Waals surface area contributed by atoms with E-state index in [1.54, 1.807) is 10.8 Å². The lowest BCUT2D eigenvalue weighted by Crippen LogP contribution is -2.16. The first-order valence-electron chi connectivity index (χ1n) is 6.14. The number of carbonyl (C=O) groups excluding carboxylic acids is 1. The summed E-state index contributed by atoms with van der Waals surface area (Å²) in [5.74, 6) is -0.441. The minimum atomic E-state index is -0.441. The van der Waals surface area contributed by atoms with Crippen LogP contribution in [0.15, 0.2) is 58.5 Å². The van der Waals surface area contributed by atoms with Crippen molar-refractivity contribution in [3.05, 3.63) is 54.4 Å². The molecule has 0 aliphatic heterocycles. The average Bonchev–Trinajstić information content (AvgIpc) is 2.74. The molecule has 0 fully saturated rings. The van der Waals surface area contributed by atoms with Gasteiger partial charge in [-0.2, -0.15) is 0 Å². The van der Waals surface area contributed by atoms with Crippen LogP contribution in [0.2, 0.25) is 0 Å². The number of carbonyl (C=O) groups is 1. The highest BCUT2D eigenvalue weighted by atomic mass is 32.2. The van der Waals surface area contributed by atoms with Gasteiger partial charge in [0.2, 0.25) is 0 Å². The third-order valence-electron chi connectivity index (χ3n) is 3.11. The van der Waals surface area contributed by atoms with Gasteiger partial charge in [0, 0.05) is 18.1 Å². The fraction of sp³-hybridized carbons (Fsp3) is 0.0667. The molecule has 0 spiro atoms. The van der Waals surface area contributed by atoms with Gasteiger partial charge >= 0.3 is 0 Å². The van der Waals surface area contributed by atoms with E-state index in [2.05, 4.69) is 4.98 Å². The van der Waals surface area contributed by atoms with Crippen LogP contribution in [0.1, 0.15) is 10.5 Å². The number of nitrogens with zero attached hydrogens (tertiary/aromatic N) is 2. The number of aromatic nitrogens is 2. The van der Waals surface area contributed by atoms with Gasteiger partial charge in [0.05, 0.1) is 10.4 Å². The topological polar surface area (TPSA) is 60.9 Å². The van der Waals surface area contributed by atoms with Crippen LogP contribution in [-0.2, 0) is 7.05 Å². The van der Waals surface area contributed by atoms with E-state index < -0.39 is 5.91 Å². The number of aryl methyl sites for hydroxylation is 1. The number of hydrogen-bond donors (Lipinski definition) is 1. The van der Waals surface area contributed by atoms with Crippen LogP contribution in [0, 0.1) is 0 Å². The average molecular weight is 283 g/mol. The van der Waals surface area contributed by atoms with Gasteiger partial charge in [-0.15, -0.1) is 0 Å². The van der Waals surface area contributed by atoms with Crippen molar-refractivity contribution in [2.75, 3.05) is 0 Å². The second-order valence-electron chi connectivity index (χ2n) is 4.39. The van der Waals surface area contributed by atoms with E-state index in [0.29, 0.717) is 5.69 Å². The Kier molecular flexibility index (Phi) is 3.20. The number of fused-ring (bicyclic) bond motifs is 1. The molecular weight excluding hydrogens is 270 g/mol. The molecular formula is C15H13N3OS. The summed E-state index contributed by atoms with van der Waals surface area (Å²) in [5.41, 5.74) is 7.73. The van der Waals surface area contributed by atoms with E-state index >= 15 is 0 Å². The van der Waals surface area contributed by atoms with Crippen molar-refractivity contribution >= 4 is 28.7 Å². The lowest BCUT2D eigenvalue weighted by molar-refractivity contribution is 0.0990. The maximum absolute atomic E-state index is 11.8. The third-order valence-corrected chi connectivity index (χ3v) is 4.21. The summed E-state index contributed by atoms with van der Waals surface area (Å²) < 4.78 is 1.80. The highest BCUT2D eigenvalue weighted by Gasteiger charge is 2.20. The van der Waals surface area contributed by atoms with E-state index in [0.717, 1.165) is 20.8 Å². The summed E-state index contributed by atoms with van der Waals surface area (Å²) in [6, 6.07) is 13.7. The third kappa shape index (κ3) is 2.06. The number of amides is 1. The lowest BCUT2D eigenvalue weighted by Gasteiger charge is -2.03. The van der Waals surface area contributed by atoms with E-state index in [-0.39, 0.29) is 0 Å². The van der Waals surface area contributed by atoms with Gasteiger partial charge < -0.3 is 10.3 Å². The van der Waals surface area contributed by atoms with Gasteiger partial charge in [-0.1, -0.05) is 30.0 Å². The first kappa shape index (κ1) is 12.7. The highest BCUT2D eigenvalue weighted by molar-refractivity contribution is 7.99. The molecule has 0 bridgehead atoms. The summed E-state index contributed by atoms with van der Waals surface area (Å²) in [7, 11) is 1.83. The molecule has 2 N–H and O–H groups in total. The molecule has 0 atom stereocenters. The molecule has 5 heteroatoms. The molecule has 1 amide bonds. The predicted molar refractivity (Wildman–Crippen MR) is 79.8 cm³/mol. The Morgan fingerprint density at radius 2 is 1.95 bits per heavy atom. The monoisotopic (exact) mass is 283 g/mol. The molecule has 100 valence electrons. The summed E-state index contributed by atoms with van der Waals surface area (Å²) in [4.78, 5) is 18.0. The molecule has 0 saturated carbocycles. The van der Waals surface area contributed by atoms with Crippen molar-refractivity contribution in [2.45, 2.75) is 9.79 Å². The van der Waals surface area contributed by atoms with E-state index in [4.69, 9.17) is 5.73 Å². The quantitative estimate of drug-likeness (QED) is 0.804. The van der Waals surface area contributed by atoms with Crippen LogP contribution in [0.25, 0.3) is 11.0 Å². The number of primary amides is 1. The Morgan fingerprint density at radius 3 is 2.65 bits per heavy atom. The zero-order valence-corrected chi connectivity index (χ0v) is 11.7. The molecule has 0 unspecified atom stereocenters. The van der Waals surface area contributed by atoms with Crippen molar-refractivity contribution in [2.24, 2.45) is 12.8 Å². The Hall–Kier alpha value is -2.27. The van der Waals surface area contributed by atoms with E-state index in [1.165, 1.54) is 11.8 Å². The fourth-order valence-electron chi connectivity index (χ4n) is 2.21. The number of benzene rings is 1. The van der Waals surface area contributed by atoms with Crippen LogP contribution >= 0.6 is 11.8 Å². The van der Waals surface area contributed by atoms with Crippen LogP contribution in [0.3, 0.4) is 0 Å². The van der Waals surface area contributed by atoms with Crippen molar-refractivity contribution in [3.8, 4) is 0 Å². The van der Waals surface area contributed by atoms with Crippen LogP contribution in [-0.4, -0.2) is 15.5 Å². The van der Waals surface area contributed by atoms with Gasteiger partial charge in [-0.05, 0) is 24.3 Å². The van der Waals surface area contributed by atoms with Crippen LogP contribution < -0.4 is 5.73 Å². The Balaban J connectivity index is 2.22. The SMILES string of the molecule is Cn1c(C(N)=O)c(Sc2ccccc2)c2ncccc21. The molecule has 0 aliphatic rings. The van der Waals surface area contributed by atoms with Gasteiger partial charge in [0.25, 0.3) is 5.91 Å². The summed E-state index contributed by atoms with van der Waals surface area (Å²) in [6.07, 6.45) is 1.72. The van der Waals surface area contributed by atoms with Gasteiger partial charge in [0.1, 0.15) is 11.2 Å². The van der Waals surface area contributed by atoms with Crippen molar-refractivity contribution in [1.29, 1.82) is 0 Å². The Bertz CT molecular complexity index is 780. The maximum atomic E-state index is 11.8. The molecule has 4 nitrogen and oxygen atoms in total. The van der Waals surface area contributed by atoms with Crippen molar-refractivity contribution in [1.82, 2.24) is 9.55 Å². The standard InChI is InChI=1S/C15H13N3OS/c1-18-11-8-5-9-17-12(11)14(13(18)15(16)19)20-10-6-3-2-4-7-10/h2-9H,1H3,(H2,16,19). The molecule has 3 rings (SSSR count). The zero-order chi connectivity index (χ0) is 14.1. The molecule has 0 saturated heterocycles. The maximum Gasteiger partial charge on any atom is 0.266 e. The molecule has 3 aromatic rings.